The lowest BCUT2D eigenvalue weighted by atomic mass is 10.0. The third-order valence-corrected chi connectivity index (χ3v) is 7.74. The highest BCUT2D eigenvalue weighted by Gasteiger charge is 2.31. The van der Waals surface area contributed by atoms with E-state index in [1.807, 2.05) is 22.8 Å². The summed E-state index contributed by atoms with van der Waals surface area (Å²) in [5.41, 5.74) is 3.32. The van der Waals surface area contributed by atoms with Crippen molar-refractivity contribution in [1.29, 1.82) is 0 Å². The van der Waals surface area contributed by atoms with Crippen molar-refractivity contribution in [3.05, 3.63) is 67.2 Å². The molecule has 0 aliphatic carbocycles. The van der Waals surface area contributed by atoms with Gasteiger partial charge in [0.15, 0.2) is 0 Å². The van der Waals surface area contributed by atoms with Crippen LogP contribution in [0.25, 0.3) is 10.2 Å². The Hall–Kier alpha value is -1.37. The molecule has 4 nitrogen and oxygen atoms in total. The minimum absolute atomic E-state index is 0.129. The first-order chi connectivity index (χ1) is 14.0. The lowest BCUT2D eigenvalue weighted by Crippen LogP contribution is -2.51. The smallest absolute Gasteiger partial charge is 0.308 e. The number of nitrogens with one attached hydrogen (secondary N) is 1. The van der Waals surface area contributed by atoms with Gasteiger partial charge in [-0.3, -0.25) is 14.3 Å². The maximum atomic E-state index is 12.6. The number of hydrogen-bond acceptors (Lipinski definition) is 4. The summed E-state index contributed by atoms with van der Waals surface area (Å²) in [5.74, 6) is 0. The zero-order valence-electron chi connectivity index (χ0n) is 16.0. The fourth-order valence-corrected chi connectivity index (χ4v) is 5.93. The Balaban J connectivity index is 1.32. The van der Waals surface area contributed by atoms with Gasteiger partial charge in [0.1, 0.15) is 0 Å². The number of hydrogen-bond donors (Lipinski definition) is 1. The van der Waals surface area contributed by atoms with Crippen LogP contribution in [-0.4, -0.2) is 41.2 Å². The Morgan fingerprint density at radius 2 is 1.69 bits per heavy atom. The predicted octanol–water partition coefficient (Wildman–Crippen LogP) is 4.40. The summed E-state index contributed by atoms with van der Waals surface area (Å²) in [4.78, 5) is 15.3. The van der Waals surface area contributed by atoms with Crippen LogP contribution in [0.2, 0.25) is 10.0 Å². The van der Waals surface area contributed by atoms with Crippen LogP contribution in [0.1, 0.15) is 24.0 Å². The molecule has 2 fully saturated rings. The van der Waals surface area contributed by atoms with Crippen LogP contribution < -0.4 is 10.2 Å². The second kappa shape index (κ2) is 8.05. The molecule has 1 N–H and O–H groups in total. The number of nitrogens with zero attached hydrogens (tertiary/aromatic N) is 2. The number of likely N-dealkylation sites (tertiary alicyclic amines) is 1. The van der Waals surface area contributed by atoms with Gasteiger partial charge >= 0.3 is 4.87 Å². The maximum absolute atomic E-state index is 12.6. The number of rotatable bonds is 5. The summed E-state index contributed by atoms with van der Waals surface area (Å²) in [7, 11) is 0. The van der Waals surface area contributed by atoms with E-state index in [0.29, 0.717) is 22.1 Å². The van der Waals surface area contributed by atoms with E-state index in [1.165, 1.54) is 29.7 Å². The molecular formula is C22H23Cl2N3OS. The van der Waals surface area contributed by atoms with Gasteiger partial charge in [0, 0.05) is 38.3 Å². The highest BCUT2D eigenvalue weighted by atomic mass is 35.5. The van der Waals surface area contributed by atoms with Gasteiger partial charge in [-0.1, -0.05) is 46.7 Å². The quantitative estimate of drug-likeness (QED) is 0.629. The molecule has 0 amide bonds. The number of thiazole rings is 1. The highest BCUT2D eigenvalue weighted by Crippen LogP contribution is 2.26. The first kappa shape index (κ1) is 19.6. The number of piperazine rings is 1. The Bertz CT molecular complexity index is 1100. The SMILES string of the molecule is O=c1sc2cc(Cc3ccc(Cl)c(Cl)c3)ccc2n1CCN1CC2CCC(C1)N2. The Labute approximate surface area is 184 Å². The highest BCUT2D eigenvalue weighted by molar-refractivity contribution is 7.16. The van der Waals surface area contributed by atoms with E-state index in [0.717, 1.165) is 48.4 Å². The summed E-state index contributed by atoms with van der Waals surface area (Å²) in [5, 5.41) is 4.80. The van der Waals surface area contributed by atoms with Crippen molar-refractivity contribution in [1.82, 2.24) is 14.8 Å². The molecule has 2 bridgehead atoms. The topological polar surface area (TPSA) is 37.3 Å². The summed E-state index contributed by atoms with van der Waals surface area (Å²) < 4.78 is 2.99. The van der Waals surface area contributed by atoms with Crippen LogP contribution in [0.3, 0.4) is 0 Å². The molecule has 152 valence electrons. The van der Waals surface area contributed by atoms with Gasteiger partial charge in [-0.15, -0.1) is 0 Å². The molecule has 1 aromatic heterocycles. The largest absolute Gasteiger partial charge is 0.309 e. The van der Waals surface area contributed by atoms with Crippen molar-refractivity contribution < 1.29 is 0 Å². The second-order valence-corrected chi connectivity index (χ2v) is 9.95. The van der Waals surface area contributed by atoms with Gasteiger partial charge in [-0.05, 0) is 54.7 Å². The third kappa shape index (κ3) is 4.12. The van der Waals surface area contributed by atoms with E-state index in [9.17, 15) is 4.79 Å². The maximum Gasteiger partial charge on any atom is 0.308 e. The summed E-state index contributed by atoms with van der Waals surface area (Å²) >= 11 is 13.5. The van der Waals surface area contributed by atoms with Crippen molar-refractivity contribution in [2.45, 2.75) is 37.9 Å². The predicted molar refractivity (Wildman–Crippen MR) is 122 cm³/mol. The lowest BCUT2D eigenvalue weighted by molar-refractivity contribution is 0.190. The lowest BCUT2D eigenvalue weighted by Gasteiger charge is -2.32. The van der Waals surface area contributed by atoms with Crippen LogP contribution in [0.15, 0.2) is 41.2 Å². The Kier molecular flexibility index (Phi) is 5.43. The monoisotopic (exact) mass is 447 g/mol. The molecule has 2 atom stereocenters. The Morgan fingerprint density at radius 3 is 2.45 bits per heavy atom. The summed E-state index contributed by atoms with van der Waals surface area (Å²) in [6.45, 7) is 3.89. The number of fused-ring (bicyclic) bond motifs is 3. The van der Waals surface area contributed by atoms with Gasteiger partial charge in [0.25, 0.3) is 0 Å². The summed E-state index contributed by atoms with van der Waals surface area (Å²) in [6, 6.07) is 13.3. The van der Waals surface area contributed by atoms with Gasteiger partial charge in [0.05, 0.1) is 20.3 Å². The van der Waals surface area contributed by atoms with E-state index in [-0.39, 0.29) is 4.87 Å². The molecule has 3 heterocycles. The first-order valence-corrected chi connectivity index (χ1v) is 11.7. The van der Waals surface area contributed by atoms with Crippen LogP contribution in [-0.2, 0) is 13.0 Å². The molecular weight excluding hydrogens is 425 g/mol. The number of aromatic nitrogens is 1. The van der Waals surface area contributed by atoms with Crippen molar-refractivity contribution in [3.63, 3.8) is 0 Å². The molecule has 2 saturated heterocycles. The first-order valence-electron chi connectivity index (χ1n) is 10.1. The molecule has 2 unspecified atom stereocenters. The van der Waals surface area contributed by atoms with Crippen LogP contribution in [0.5, 0.6) is 0 Å². The molecule has 2 aliphatic heterocycles. The van der Waals surface area contributed by atoms with Gasteiger partial charge in [-0.25, -0.2) is 0 Å². The van der Waals surface area contributed by atoms with Crippen LogP contribution in [0, 0.1) is 0 Å². The van der Waals surface area contributed by atoms with Crippen molar-refractivity contribution in [2.75, 3.05) is 19.6 Å². The normalized spacial score (nSPS) is 21.9. The number of halogens is 2. The van der Waals surface area contributed by atoms with E-state index in [1.54, 1.807) is 0 Å². The molecule has 0 radical (unpaired) electrons. The molecule has 0 spiro atoms. The fourth-order valence-electron chi connectivity index (χ4n) is 4.63. The van der Waals surface area contributed by atoms with Gasteiger partial charge in [-0.2, -0.15) is 0 Å². The third-order valence-electron chi connectivity index (χ3n) is 6.06. The van der Waals surface area contributed by atoms with Crippen LogP contribution in [0.4, 0.5) is 0 Å². The Morgan fingerprint density at radius 1 is 0.966 bits per heavy atom. The molecule has 2 aliphatic rings. The molecule has 2 aromatic carbocycles. The van der Waals surface area contributed by atoms with E-state index in [4.69, 9.17) is 23.2 Å². The molecule has 0 saturated carbocycles. The van der Waals surface area contributed by atoms with E-state index in [2.05, 4.69) is 28.4 Å². The standard InChI is InChI=1S/C22H23Cl2N3OS/c23-18-5-1-14(10-19(18)24)9-15-2-6-20-21(11-15)29-22(28)27(20)8-7-26-12-16-3-4-17(13-26)25-16/h1-2,5-6,10-11,16-17,25H,3-4,7-9,12-13H2. The van der Waals surface area contributed by atoms with E-state index < -0.39 is 0 Å². The minimum Gasteiger partial charge on any atom is -0.309 e. The zero-order valence-corrected chi connectivity index (χ0v) is 18.4. The fraction of sp³-hybridized carbons (Fsp3) is 0.409. The average molecular weight is 448 g/mol. The second-order valence-electron chi connectivity index (χ2n) is 8.14. The minimum atomic E-state index is 0.129. The summed E-state index contributed by atoms with van der Waals surface area (Å²) in [6.07, 6.45) is 3.33. The van der Waals surface area contributed by atoms with Crippen molar-refractivity contribution in [2.24, 2.45) is 0 Å². The van der Waals surface area contributed by atoms with E-state index >= 15 is 0 Å². The zero-order chi connectivity index (χ0) is 20.0. The molecule has 3 aromatic rings. The van der Waals surface area contributed by atoms with Crippen molar-refractivity contribution in [3.8, 4) is 0 Å². The average Bonchev–Trinajstić information content (AvgIpc) is 3.20. The van der Waals surface area contributed by atoms with Gasteiger partial charge in [0.2, 0.25) is 0 Å². The molecule has 7 heteroatoms. The van der Waals surface area contributed by atoms with Gasteiger partial charge < -0.3 is 5.32 Å². The molecule has 5 rings (SSSR count). The van der Waals surface area contributed by atoms with Crippen molar-refractivity contribution >= 4 is 44.8 Å². The number of benzene rings is 2. The van der Waals surface area contributed by atoms with Crippen LogP contribution >= 0.6 is 34.5 Å². The molecule has 29 heavy (non-hydrogen) atoms.